The van der Waals surface area contributed by atoms with Crippen LogP contribution in [0.15, 0.2) is 42.5 Å². The van der Waals surface area contributed by atoms with Gasteiger partial charge in [-0.05, 0) is 61.7 Å². The monoisotopic (exact) mass is 520 g/mol. The molecule has 1 saturated heterocycles. The molecule has 1 unspecified atom stereocenters. The number of piperidine rings is 1. The van der Waals surface area contributed by atoms with Crippen molar-refractivity contribution in [2.24, 2.45) is 0 Å². The maximum Gasteiger partial charge on any atom is 0.325 e. The quantitative estimate of drug-likeness (QED) is 0.253. The van der Waals surface area contributed by atoms with E-state index in [0.29, 0.717) is 11.1 Å². The lowest BCUT2D eigenvalue weighted by molar-refractivity contribution is -0.138. The van der Waals surface area contributed by atoms with Gasteiger partial charge in [-0.25, -0.2) is 8.42 Å². The number of nitrogens with zero attached hydrogens (tertiary/aromatic N) is 1. The van der Waals surface area contributed by atoms with E-state index in [4.69, 9.17) is 5.11 Å². The summed E-state index contributed by atoms with van der Waals surface area (Å²) >= 11 is 0. The molecule has 0 radical (unpaired) electrons. The number of aliphatic hydroxyl groups is 1. The van der Waals surface area contributed by atoms with Gasteiger partial charge >= 0.3 is 5.97 Å². The van der Waals surface area contributed by atoms with Crippen molar-refractivity contribution in [3.05, 3.63) is 53.6 Å². The third kappa shape index (κ3) is 7.57. The first kappa shape index (κ1) is 27.2. The van der Waals surface area contributed by atoms with Gasteiger partial charge < -0.3 is 30.9 Å². The zero-order chi connectivity index (χ0) is 26.5. The molecule has 1 aliphatic heterocycles. The third-order valence-electron chi connectivity index (χ3n) is 6.01. The van der Waals surface area contributed by atoms with Crippen molar-refractivity contribution in [2.45, 2.75) is 38.0 Å². The van der Waals surface area contributed by atoms with E-state index in [1.807, 2.05) is 12.1 Å². The van der Waals surface area contributed by atoms with E-state index in [9.17, 15) is 28.2 Å². The Labute approximate surface area is 210 Å². The summed E-state index contributed by atoms with van der Waals surface area (Å²) in [5, 5.41) is 35.1. The normalized spacial score (nSPS) is 16.2. The van der Waals surface area contributed by atoms with Crippen molar-refractivity contribution < 1.29 is 33.3 Å². The second-order valence-corrected chi connectivity index (χ2v) is 10.7. The van der Waals surface area contributed by atoms with E-state index in [-0.39, 0.29) is 24.0 Å². The molecule has 0 bridgehead atoms. The van der Waals surface area contributed by atoms with E-state index in [1.165, 1.54) is 19.1 Å². The minimum absolute atomic E-state index is 0.0160. The fourth-order valence-electron chi connectivity index (χ4n) is 3.95. The molecule has 36 heavy (non-hydrogen) atoms. The van der Waals surface area contributed by atoms with E-state index in [1.54, 1.807) is 18.2 Å². The molecule has 1 heterocycles. The minimum atomic E-state index is -3.57. The number of nitrogens with one attached hydrogen (secondary N) is 3. The van der Waals surface area contributed by atoms with Crippen LogP contribution >= 0.6 is 0 Å². The lowest BCUT2D eigenvalue weighted by atomic mass is 10.0. The number of aliphatic carboxylic acids is 1. The number of hydrogen-bond donors (Lipinski definition) is 6. The van der Waals surface area contributed by atoms with Gasteiger partial charge in [-0.2, -0.15) is 0 Å². The number of phenolic OH excluding ortho intramolecular Hbond substituents is 1. The Morgan fingerprint density at radius 3 is 2.33 bits per heavy atom. The Morgan fingerprint density at radius 2 is 1.75 bits per heavy atom. The molecule has 2 atom stereocenters. The molecule has 2 aromatic rings. The van der Waals surface area contributed by atoms with Crippen LogP contribution in [0, 0.1) is 0 Å². The first-order valence-electron chi connectivity index (χ1n) is 11.5. The van der Waals surface area contributed by atoms with Crippen LogP contribution < -0.4 is 20.3 Å². The average Bonchev–Trinajstić information content (AvgIpc) is 2.83. The minimum Gasteiger partial charge on any atom is -0.506 e. The number of anilines is 2. The van der Waals surface area contributed by atoms with E-state index >= 15 is 0 Å². The van der Waals surface area contributed by atoms with Crippen LogP contribution in [0.1, 0.15) is 41.8 Å². The molecule has 0 aromatic heterocycles. The molecular weight excluding hydrogens is 488 g/mol. The van der Waals surface area contributed by atoms with Crippen molar-refractivity contribution in [3.63, 3.8) is 0 Å². The highest BCUT2D eigenvalue weighted by Gasteiger charge is 2.21. The Kier molecular flexibility index (Phi) is 8.77. The van der Waals surface area contributed by atoms with Crippen LogP contribution in [0.4, 0.5) is 11.4 Å². The molecule has 12 heteroatoms. The SMILES string of the molecule is CC(NC(=O)c1ccc(N2CCC(NC[C@H](O)c3ccc(O)c(NS(C)(=O)=O)c3)CC2)cc1)C(=O)O. The average molecular weight is 521 g/mol. The highest BCUT2D eigenvalue weighted by molar-refractivity contribution is 7.92. The topological polar surface area (TPSA) is 168 Å². The molecule has 1 amide bonds. The molecule has 11 nitrogen and oxygen atoms in total. The maximum atomic E-state index is 12.2. The Bertz CT molecular complexity index is 1180. The molecular formula is C24H32N4O7S. The zero-order valence-corrected chi connectivity index (χ0v) is 21.0. The highest BCUT2D eigenvalue weighted by atomic mass is 32.2. The molecule has 2 aromatic carbocycles. The van der Waals surface area contributed by atoms with E-state index in [2.05, 4.69) is 20.3 Å². The fourth-order valence-corrected chi connectivity index (χ4v) is 4.51. The van der Waals surface area contributed by atoms with Gasteiger partial charge in [0.05, 0.1) is 18.0 Å². The Balaban J connectivity index is 1.49. The van der Waals surface area contributed by atoms with Gasteiger partial charge in [-0.3, -0.25) is 14.3 Å². The summed E-state index contributed by atoms with van der Waals surface area (Å²) in [7, 11) is -3.57. The number of aromatic hydroxyl groups is 1. The largest absolute Gasteiger partial charge is 0.506 e. The first-order valence-corrected chi connectivity index (χ1v) is 13.4. The predicted molar refractivity (Wildman–Crippen MR) is 136 cm³/mol. The summed E-state index contributed by atoms with van der Waals surface area (Å²) in [5.74, 6) is -1.76. The zero-order valence-electron chi connectivity index (χ0n) is 20.1. The molecule has 1 aliphatic rings. The van der Waals surface area contributed by atoms with Crippen molar-refractivity contribution in [2.75, 3.05) is 35.5 Å². The maximum absolute atomic E-state index is 12.2. The van der Waals surface area contributed by atoms with Gasteiger partial charge in [0.1, 0.15) is 11.8 Å². The summed E-state index contributed by atoms with van der Waals surface area (Å²) < 4.78 is 25.2. The number of sulfonamides is 1. The van der Waals surface area contributed by atoms with Gasteiger partial charge in [-0.1, -0.05) is 6.07 Å². The number of benzene rings is 2. The van der Waals surface area contributed by atoms with Crippen LogP contribution in [-0.2, 0) is 14.8 Å². The van der Waals surface area contributed by atoms with Crippen molar-refractivity contribution in [1.82, 2.24) is 10.6 Å². The van der Waals surface area contributed by atoms with Crippen LogP contribution in [0.5, 0.6) is 5.75 Å². The Morgan fingerprint density at radius 1 is 1.11 bits per heavy atom. The molecule has 196 valence electrons. The van der Waals surface area contributed by atoms with Gasteiger partial charge in [0, 0.05) is 36.9 Å². The number of amides is 1. The summed E-state index contributed by atoms with van der Waals surface area (Å²) in [6.07, 6.45) is 1.77. The first-order chi connectivity index (χ1) is 16.9. The van der Waals surface area contributed by atoms with E-state index in [0.717, 1.165) is 37.9 Å². The van der Waals surface area contributed by atoms with Gasteiger partial charge in [0.15, 0.2) is 0 Å². The van der Waals surface area contributed by atoms with E-state index < -0.39 is 34.0 Å². The second-order valence-electron chi connectivity index (χ2n) is 8.92. The van der Waals surface area contributed by atoms with Crippen molar-refractivity contribution in [1.29, 1.82) is 0 Å². The van der Waals surface area contributed by atoms with Gasteiger partial charge in [-0.15, -0.1) is 0 Å². The molecule has 0 spiro atoms. The standard InChI is InChI=1S/C24H32N4O7S/c1-15(24(32)33)26-23(31)16-3-6-19(7-4-16)28-11-9-18(10-12-28)25-14-22(30)17-5-8-21(29)20(13-17)27-36(2,34)35/h3-8,13,15,18,22,25,27,29-30H,9-12,14H2,1-2H3,(H,26,31)(H,32,33)/t15?,22-/m0/s1. The smallest absolute Gasteiger partial charge is 0.325 e. The third-order valence-corrected chi connectivity index (χ3v) is 6.60. The number of hydrogen-bond acceptors (Lipinski definition) is 8. The summed E-state index contributed by atoms with van der Waals surface area (Å²) in [5.41, 5.74) is 1.85. The van der Waals surface area contributed by atoms with Gasteiger partial charge in [0.25, 0.3) is 5.91 Å². The summed E-state index contributed by atoms with van der Waals surface area (Å²) in [6.45, 7) is 3.23. The van der Waals surface area contributed by atoms with Gasteiger partial charge in [0.2, 0.25) is 10.0 Å². The number of carbonyl (C=O) groups excluding carboxylic acids is 1. The summed E-state index contributed by atoms with van der Waals surface area (Å²) in [6, 6.07) is 10.5. The lowest BCUT2D eigenvalue weighted by Gasteiger charge is -2.34. The second kappa shape index (κ2) is 11.6. The van der Waals surface area contributed by atoms with Crippen LogP contribution in [0.2, 0.25) is 0 Å². The number of carbonyl (C=O) groups is 2. The molecule has 6 N–H and O–H groups in total. The van der Waals surface area contributed by atoms with Crippen molar-refractivity contribution in [3.8, 4) is 5.75 Å². The van der Waals surface area contributed by atoms with Crippen LogP contribution in [-0.4, -0.2) is 73.6 Å². The van der Waals surface area contributed by atoms with Crippen LogP contribution in [0.3, 0.4) is 0 Å². The molecule has 0 saturated carbocycles. The van der Waals surface area contributed by atoms with Crippen molar-refractivity contribution >= 4 is 33.3 Å². The highest BCUT2D eigenvalue weighted by Crippen LogP contribution is 2.28. The number of carboxylic acids is 1. The molecule has 0 aliphatic carbocycles. The number of phenols is 1. The Hall–Kier alpha value is -3.35. The summed E-state index contributed by atoms with van der Waals surface area (Å²) in [4.78, 5) is 25.3. The lowest BCUT2D eigenvalue weighted by Crippen LogP contribution is -2.43. The van der Waals surface area contributed by atoms with Crippen LogP contribution in [0.25, 0.3) is 0 Å². The number of aliphatic hydroxyl groups excluding tert-OH is 1. The molecule has 3 rings (SSSR count). The molecule has 1 fully saturated rings. The number of rotatable bonds is 10. The fraction of sp³-hybridized carbons (Fsp3) is 0.417. The predicted octanol–water partition coefficient (Wildman–Crippen LogP) is 1.26. The number of carboxylic acid groups (broad SMARTS) is 1.